The van der Waals surface area contributed by atoms with E-state index in [0.29, 0.717) is 10.7 Å². The second-order valence-electron chi connectivity index (χ2n) is 6.40. The number of allylic oxidation sites excluding steroid dienone is 2. The average Bonchev–Trinajstić information content (AvgIpc) is 2.93. The van der Waals surface area contributed by atoms with Crippen LogP contribution in [0.4, 0.5) is 5.82 Å². The minimum absolute atomic E-state index is 0.178. The number of hydrogen-bond donors (Lipinski definition) is 2. The Morgan fingerprint density at radius 1 is 1.23 bits per heavy atom. The normalized spacial score (nSPS) is 17.7. The maximum absolute atomic E-state index is 7.71. The van der Waals surface area contributed by atoms with E-state index in [2.05, 4.69) is 41.1 Å². The molecule has 1 unspecified atom stereocenters. The van der Waals surface area contributed by atoms with Crippen molar-refractivity contribution in [1.29, 1.82) is 0 Å². The smallest absolute Gasteiger partial charge is 0.196 e. The van der Waals surface area contributed by atoms with Crippen LogP contribution in [0.2, 0.25) is 5.02 Å². The first-order chi connectivity index (χ1) is 10.4. The fourth-order valence-corrected chi connectivity index (χ4v) is 3.06. The third kappa shape index (κ3) is 2.28. The van der Waals surface area contributed by atoms with E-state index in [-0.39, 0.29) is 11.3 Å². The van der Waals surface area contributed by atoms with Crippen molar-refractivity contribution in [3.05, 3.63) is 69.4 Å². The molecular weight excluding hydrogens is 296 g/mol. The van der Waals surface area contributed by atoms with Crippen LogP contribution in [-0.4, -0.2) is 10.2 Å². The van der Waals surface area contributed by atoms with Gasteiger partial charge in [0.2, 0.25) is 0 Å². The van der Waals surface area contributed by atoms with Crippen LogP contribution >= 0.6 is 11.6 Å². The molecule has 0 saturated carbocycles. The Balaban J connectivity index is 2.28. The van der Waals surface area contributed by atoms with Gasteiger partial charge in [-0.3, -0.25) is 5.10 Å². The van der Waals surface area contributed by atoms with Crippen molar-refractivity contribution in [3.63, 3.8) is 0 Å². The Hall–Kier alpha value is -2.25. The quantitative estimate of drug-likeness (QED) is 0.743. The molecule has 0 radical (unpaired) electrons. The number of fused-ring (bicyclic) bond motifs is 1. The maximum atomic E-state index is 7.71. The van der Waals surface area contributed by atoms with Crippen molar-refractivity contribution in [2.45, 2.75) is 26.7 Å². The molecule has 0 saturated heterocycles. The number of aromatic nitrogens is 2. The minimum Gasteiger partial charge on any atom is -0.353 e. The number of anilines is 1. The van der Waals surface area contributed by atoms with E-state index in [1.54, 1.807) is 6.20 Å². The molecule has 2 N–H and O–H groups in total. The fourth-order valence-electron chi connectivity index (χ4n) is 2.81. The zero-order valence-electron chi connectivity index (χ0n) is 12.7. The van der Waals surface area contributed by atoms with Gasteiger partial charge in [-0.2, -0.15) is 5.10 Å². The number of hydrogen-bond acceptors (Lipinski definition) is 2. The van der Waals surface area contributed by atoms with Crippen molar-refractivity contribution in [2.24, 2.45) is 5.41 Å². The van der Waals surface area contributed by atoms with Gasteiger partial charge in [0.1, 0.15) is 5.82 Å². The van der Waals surface area contributed by atoms with Gasteiger partial charge in [0.15, 0.2) is 5.70 Å². The highest BCUT2D eigenvalue weighted by Gasteiger charge is 2.36. The Morgan fingerprint density at radius 3 is 2.59 bits per heavy atom. The van der Waals surface area contributed by atoms with Crippen LogP contribution in [-0.2, 0) is 0 Å². The first-order valence-corrected chi connectivity index (χ1v) is 7.48. The zero-order chi connectivity index (χ0) is 15.9. The molecular formula is C17H17ClN4. The summed E-state index contributed by atoms with van der Waals surface area (Å²) in [7, 11) is 0. The molecule has 2 aromatic rings. The molecule has 0 fully saturated rings. The van der Waals surface area contributed by atoms with Gasteiger partial charge < -0.3 is 5.32 Å². The standard InChI is InChI=1S/C17H17ClN4/c1-17(2,3)15-14(19-4)13(10-7-5-6-8-12(10)18)11-9-20-22-16(11)21-15/h5-9,13H,1-3H3,(H2,20,21,22). The predicted octanol–water partition coefficient (Wildman–Crippen LogP) is 4.80. The summed E-state index contributed by atoms with van der Waals surface area (Å²) in [5, 5.41) is 11.1. The number of nitrogens with one attached hydrogen (secondary N) is 2. The number of halogens is 1. The number of H-pyrrole nitrogens is 1. The van der Waals surface area contributed by atoms with Gasteiger partial charge >= 0.3 is 0 Å². The van der Waals surface area contributed by atoms with Gasteiger partial charge in [-0.25, -0.2) is 4.85 Å². The second kappa shape index (κ2) is 5.19. The largest absolute Gasteiger partial charge is 0.353 e. The number of nitrogens with zero attached hydrogens (tertiary/aromatic N) is 2. The van der Waals surface area contributed by atoms with E-state index in [0.717, 1.165) is 22.6 Å². The van der Waals surface area contributed by atoms with Crippen LogP contribution < -0.4 is 5.32 Å². The molecule has 1 aromatic carbocycles. The highest BCUT2D eigenvalue weighted by atomic mass is 35.5. The third-order valence-electron chi connectivity index (χ3n) is 3.85. The Bertz CT molecular complexity index is 789. The first-order valence-electron chi connectivity index (χ1n) is 7.10. The molecule has 1 atom stereocenters. The fraction of sp³-hybridized carbons (Fsp3) is 0.294. The van der Waals surface area contributed by atoms with E-state index in [4.69, 9.17) is 18.2 Å². The maximum Gasteiger partial charge on any atom is 0.196 e. The van der Waals surface area contributed by atoms with Crippen molar-refractivity contribution >= 4 is 17.4 Å². The molecule has 0 amide bonds. The zero-order valence-corrected chi connectivity index (χ0v) is 13.5. The van der Waals surface area contributed by atoms with Gasteiger partial charge in [-0.05, 0) is 17.0 Å². The molecule has 4 nitrogen and oxygen atoms in total. The summed E-state index contributed by atoms with van der Waals surface area (Å²) < 4.78 is 0. The van der Waals surface area contributed by atoms with Gasteiger partial charge in [0.05, 0.1) is 18.7 Å². The van der Waals surface area contributed by atoms with E-state index < -0.39 is 0 Å². The lowest BCUT2D eigenvalue weighted by atomic mass is 9.80. The highest BCUT2D eigenvalue weighted by Crippen LogP contribution is 2.47. The molecule has 0 aliphatic carbocycles. The van der Waals surface area contributed by atoms with Crippen molar-refractivity contribution in [3.8, 4) is 0 Å². The molecule has 1 aliphatic rings. The summed E-state index contributed by atoms with van der Waals surface area (Å²) in [4.78, 5) is 3.84. The van der Waals surface area contributed by atoms with Crippen LogP contribution in [0.25, 0.3) is 4.85 Å². The Kier molecular flexibility index (Phi) is 3.46. The van der Waals surface area contributed by atoms with Gasteiger partial charge in [-0.1, -0.05) is 50.6 Å². The van der Waals surface area contributed by atoms with Crippen molar-refractivity contribution in [1.82, 2.24) is 10.2 Å². The van der Waals surface area contributed by atoms with Crippen LogP contribution in [0.5, 0.6) is 0 Å². The number of aromatic amines is 1. The number of rotatable bonds is 1. The van der Waals surface area contributed by atoms with Gasteiger partial charge in [-0.15, -0.1) is 0 Å². The summed E-state index contributed by atoms with van der Waals surface area (Å²) in [5.41, 5.74) is 3.29. The summed E-state index contributed by atoms with van der Waals surface area (Å²) >= 11 is 6.40. The highest BCUT2D eigenvalue weighted by molar-refractivity contribution is 6.31. The second-order valence-corrected chi connectivity index (χ2v) is 6.81. The van der Waals surface area contributed by atoms with E-state index in [9.17, 15) is 0 Å². The molecule has 22 heavy (non-hydrogen) atoms. The lowest BCUT2D eigenvalue weighted by Gasteiger charge is -2.33. The first kappa shape index (κ1) is 14.7. The Labute approximate surface area is 135 Å². The van der Waals surface area contributed by atoms with Crippen LogP contribution in [0.1, 0.15) is 37.8 Å². The molecule has 3 rings (SSSR count). The molecule has 112 valence electrons. The molecule has 1 aromatic heterocycles. The molecule has 0 bridgehead atoms. The van der Waals surface area contributed by atoms with Gasteiger partial charge in [0.25, 0.3) is 0 Å². The molecule has 0 spiro atoms. The average molecular weight is 313 g/mol. The van der Waals surface area contributed by atoms with E-state index >= 15 is 0 Å². The minimum atomic E-state index is -0.199. The van der Waals surface area contributed by atoms with Crippen LogP contribution in [0.15, 0.2) is 41.9 Å². The molecule has 5 heteroatoms. The Morgan fingerprint density at radius 2 is 1.95 bits per heavy atom. The van der Waals surface area contributed by atoms with Gasteiger partial charge in [0, 0.05) is 16.3 Å². The summed E-state index contributed by atoms with van der Waals surface area (Å²) in [6, 6.07) is 7.67. The topological polar surface area (TPSA) is 45.1 Å². The summed E-state index contributed by atoms with van der Waals surface area (Å²) in [5.74, 6) is 0.637. The third-order valence-corrected chi connectivity index (χ3v) is 4.19. The van der Waals surface area contributed by atoms with E-state index in [1.165, 1.54) is 0 Å². The van der Waals surface area contributed by atoms with Crippen LogP contribution in [0, 0.1) is 12.0 Å². The summed E-state index contributed by atoms with van der Waals surface area (Å²) in [6.07, 6.45) is 1.76. The molecule has 1 aliphatic heterocycles. The van der Waals surface area contributed by atoms with Crippen LogP contribution in [0.3, 0.4) is 0 Å². The SMILES string of the molecule is [C-]#[N+]C1=C(C(C)(C)C)Nc2[nH]ncc2C1c1ccccc1Cl. The van der Waals surface area contributed by atoms with Crippen molar-refractivity contribution in [2.75, 3.05) is 5.32 Å². The summed E-state index contributed by atoms with van der Waals surface area (Å²) in [6.45, 7) is 14.0. The monoisotopic (exact) mass is 312 g/mol. The van der Waals surface area contributed by atoms with Crippen molar-refractivity contribution < 1.29 is 0 Å². The molecule has 2 heterocycles. The lowest BCUT2D eigenvalue weighted by molar-refractivity contribution is 0.497. The van der Waals surface area contributed by atoms with E-state index in [1.807, 2.05) is 24.3 Å². The number of benzene rings is 1. The predicted molar refractivity (Wildman–Crippen MR) is 88.6 cm³/mol. The lowest BCUT2D eigenvalue weighted by Crippen LogP contribution is -2.25.